The molecular weight excluding hydrogens is 366 g/mol. The van der Waals surface area contributed by atoms with E-state index in [1.807, 2.05) is 18.5 Å². The number of aliphatic carboxylic acids is 1. The Hall–Kier alpha value is -2.34. The van der Waals surface area contributed by atoms with Crippen LogP contribution < -0.4 is 0 Å². The molecule has 2 aromatic rings. The first kappa shape index (κ1) is 21.0. The van der Waals surface area contributed by atoms with E-state index in [1.165, 1.54) is 4.90 Å². The fourth-order valence-corrected chi connectivity index (χ4v) is 3.11. The highest BCUT2D eigenvalue weighted by molar-refractivity contribution is 6.30. The standard InChI is InChI=1S/C20H26ClN3O3/c1-13(2)10-24-15(4)18(14(3)22-24)9-19(25)23(12-20(26)27)11-16-5-7-17(21)8-6-16/h5-8,13H,9-12H2,1-4H3,(H,26,27). The smallest absolute Gasteiger partial charge is 0.323 e. The second-order valence-corrected chi connectivity index (χ2v) is 7.61. The van der Waals surface area contributed by atoms with Gasteiger partial charge in [0.1, 0.15) is 6.54 Å². The summed E-state index contributed by atoms with van der Waals surface area (Å²) in [6, 6.07) is 7.04. The van der Waals surface area contributed by atoms with Gasteiger partial charge in [-0.05, 0) is 37.5 Å². The third-order valence-corrected chi connectivity index (χ3v) is 4.61. The Morgan fingerprint density at radius 1 is 1.22 bits per heavy atom. The lowest BCUT2D eigenvalue weighted by molar-refractivity contribution is -0.144. The van der Waals surface area contributed by atoms with Crippen molar-refractivity contribution in [3.63, 3.8) is 0 Å². The van der Waals surface area contributed by atoms with Gasteiger partial charge in [0.25, 0.3) is 0 Å². The average Bonchev–Trinajstić information content (AvgIpc) is 2.82. The fourth-order valence-electron chi connectivity index (χ4n) is 2.98. The zero-order valence-electron chi connectivity index (χ0n) is 16.2. The molecule has 0 saturated heterocycles. The van der Waals surface area contributed by atoms with Crippen molar-refractivity contribution in [2.45, 2.75) is 47.2 Å². The molecule has 0 fully saturated rings. The molecule has 146 valence electrons. The van der Waals surface area contributed by atoms with Crippen molar-refractivity contribution in [1.82, 2.24) is 14.7 Å². The van der Waals surface area contributed by atoms with Crippen LogP contribution in [0, 0.1) is 19.8 Å². The lowest BCUT2D eigenvalue weighted by Crippen LogP contribution is -2.36. The first-order chi connectivity index (χ1) is 12.7. The molecule has 0 spiro atoms. The van der Waals surface area contributed by atoms with Crippen molar-refractivity contribution in [2.24, 2.45) is 5.92 Å². The Kier molecular flexibility index (Phi) is 7.02. The first-order valence-corrected chi connectivity index (χ1v) is 9.32. The molecule has 6 nitrogen and oxygen atoms in total. The number of halogens is 1. The van der Waals surface area contributed by atoms with E-state index in [1.54, 1.807) is 24.3 Å². The van der Waals surface area contributed by atoms with Crippen molar-refractivity contribution >= 4 is 23.5 Å². The van der Waals surface area contributed by atoms with Crippen LogP contribution in [0.25, 0.3) is 0 Å². The van der Waals surface area contributed by atoms with Gasteiger partial charge in [0, 0.05) is 29.4 Å². The third kappa shape index (κ3) is 5.82. The number of aryl methyl sites for hydroxylation is 1. The quantitative estimate of drug-likeness (QED) is 0.747. The second-order valence-electron chi connectivity index (χ2n) is 7.17. The number of rotatable bonds is 8. The predicted octanol–water partition coefficient (Wildman–Crippen LogP) is 3.47. The van der Waals surface area contributed by atoms with Crippen LogP contribution in [-0.2, 0) is 29.1 Å². The number of nitrogens with zero attached hydrogens (tertiary/aromatic N) is 3. The summed E-state index contributed by atoms with van der Waals surface area (Å²) >= 11 is 5.89. The molecule has 1 amide bonds. The molecule has 1 N–H and O–H groups in total. The van der Waals surface area contributed by atoms with Gasteiger partial charge in [-0.1, -0.05) is 37.6 Å². The Labute approximate surface area is 164 Å². The van der Waals surface area contributed by atoms with Gasteiger partial charge in [-0.3, -0.25) is 14.3 Å². The van der Waals surface area contributed by atoms with Crippen molar-refractivity contribution in [2.75, 3.05) is 6.54 Å². The van der Waals surface area contributed by atoms with E-state index in [4.69, 9.17) is 11.6 Å². The van der Waals surface area contributed by atoms with Gasteiger partial charge < -0.3 is 10.0 Å². The Morgan fingerprint density at radius 3 is 2.41 bits per heavy atom. The lowest BCUT2D eigenvalue weighted by Gasteiger charge is -2.21. The second kappa shape index (κ2) is 9.04. The maximum absolute atomic E-state index is 12.9. The summed E-state index contributed by atoms with van der Waals surface area (Å²) in [4.78, 5) is 25.4. The molecule has 2 rings (SSSR count). The number of carboxylic acids is 1. The largest absolute Gasteiger partial charge is 0.480 e. The fraction of sp³-hybridized carbons (Fsp3) is 0.450. The van der Waals surface area contributed by atoms with Crippen LogP contribution >= 0.6 is 11.6 Å². The normalized spacial score (nSPS) is 11.0. The molecule has 0 aliphatic rings. The first-order valence-electron chi connectivity index (χ1n) is 8.94. The van der Waals surface area contributed by atoms with E-state index in [9.17, 15) is 14.7 Å². The third-order valence-electron chi connectivity index (χ3n) is 4.36. The maximum Gasteiger partial charge on any atom is 0.323 e. The number of amides is 1. The van der Waals surface area contributed by atoms with E-state index < -0.39 is 5.97 Å². The lowest BCUT2D eigenvalue weighted by atomic mass is 10.1. The minimum absolute atomic E-state index is 0.136. The number of carbonyl (C=O) groups excluding carboxylic acids is 1. The van der Waals surface area contributed by atoms with E-state index in [0.717, 1.165) is 29.1 Å². The van der Waals surface area contributed by atoms with Crippen LogP contribution in [-0.4, -0.2) is 38.2 Å². The Balaban J connectivity index is 2.19. The molecule has 0 aliphatic carbocycles. The highest BCUT2D eigenvalue weighted by Gasteiger charge is 2.21. The van der Waals surface area contributed by atoms with Gasteiger partial charge in [0.2, 0.25) is 5.91 Å². The van der Waals surface area contributed by atoms with Crippen LogP contribution in [0.1, 0.15) is 36.4 Å². The molecule has 7 heteroatoms. The van der Waals surface area contributed by atoms with Gasteiger partial charge in [-0.25, -0.2) is 0 Å². The molecule has 27 heavy (non-hydrogen) atoms. The summed E-state index contributed by atoms with van der Waals surface area (Å²) in [6.07, 6.45) is 0.136. The number of aromatic nitrogens is 2. The number of carboxylic acid groups (broad SMARTS) is 1. The summed E-state index contributed by atoms with van der Waals surface area (Å²) in [6.45, 7) is 8.72. The van der Waals surface area contributed by atoms with Gasteiger partial charge in [0.15, 0.2) is 0 Å². The Morgan fingerprint density at radius 2 is 1.85 bits per heavy atom. The van der Waals surface area contributed by atoms with E-state index in [0.29, 0.717) is 10.9 Å². The highest BCUT2D eigenvalue weighted by atomic mass is 35.5. The number of hydrogen-bond acceptors (Lipinski definition) is 3. The molecule has 0 bridgehead atoms. The average molecular weight is 392 g/mol. The van der Waals surface area contributed by atoms with Crippen molar-refractivity contribution in [3.05, 3.63) is 51.8 Å². The molecule has 0 aliphatic heterocycles. The van der Waals surface area contributed by atoms with Crippen molar-refractivity contribution < 1.29 is 14.7 Å². The number of hydrogen-bond donors (Lipinski definition) is 1. The summed E-state index contributed by atoms with van der Waals surface area (Å²) in [5.41, 5.74) is 3.46. The molecule has 0 radical (unpaired) electrons. The molecule has 1 heterocycles. The summed E-state index contributed by atoms with van der Waals surface area (Å²) < 4.78 is 1.92. The van der Waals surface area contributed by atoms with Crippen LogP contribution in [0.15, 0.2) is 24.3 Å². The summed E-state index contributed by atoms with van der Waals surface area (Å²) in [5, 5.41) is 14.3. The number of carbonyl (C=O) groups is 2. The molecular formula is C20H26ClN3O3. The molecule has 0 atom stereocenters. The van der Waals surface area contributed by atoms with Gasteiger partial charge >= 0.3 is 5.97 Å². The van der Waals surface area contributed by atoms with Crippen molar-refractivity contribution in [1.29, 1.82) is 0 Å². The Bertz CT molecular complexity index is 813. The monoisotopic (exact) mass is 391 g/mol. The molecule has 0 unspecified atom stereocenters. The molecule has 0 saturated carbocycles. The summed E-state index contributed by atoms with van der Waals surface area (Å²) in [5.74, 6) is -0.830. The van der Waals surface area contributed by atoms with Crippen molar-refractivity contribution in [3.8, 4) is 0 Å². The summed E-state index contributed by atoms with van der Waals surface area (Å²) in [7, 11) is 0. The highest BCUT2D eigenvalue weighted by Crippen LogP contribution is 2.18. The molecule has 1 aromatic heterocycles. The van der Waals surface area contributed by atoms with Gasteiger partial charge in [-0.2, -0.15) is 5.10 Å². The SMILES string of the molecule is Cc1nn(CC(C)C)c(C)c1CC(=O)N(CC(=O)O)Cc1ccc(Cl)cc1. The zero-order valence-corrected chi connectivity index (χ0v) is 17.0. The van der Waals surface area contributed by atoms with E-state index in [-0.39, 0.29) is 25.4 Å². The van der Waals surface area contributed by atoms with E-state index in [2.05, 4.69) is 18.9 Å². The zero-order chi connectivity index (χ0) is 20.1. The van der Waals surface area contributed by atoms with Crippen LogP contribution in [0.5, 0.6) is 0 Å². The van der Waals surface area contributed by atoms with Gasteiger partial charge in [-0.15, -0.1) is 0 Å². The van der Waals surface area contributed by atoms with Crippen LogP contribution in [0.3, 0.4) is 0 Å². The minimum atomic E-state index is -1.04. The topological polar surface area (TPSA) is 75.4 Å². The van der Waals surface area contributed by atoms with Crippen LogP contribution in [0.2, 0.25) is 5.02 Å². The van der Waals surface area contributed by atoms with Gasteiger partial charge in [0.05, 0.1) is 12.1 Å². The van der Waals surface area contributed by atoms with E-state index >= 15 is 0 Å². The predicted molar refractivity (Wildman–Crippen MR) is 105 cm³/mol. The van der Waals surface area contributed by atoms with Crippen LogP contribution in [0.4, 0.5) is 0 Å². The molecule has 1 aromatic carbocycles. The maximum atomic E-state index is 12.9. The minimum Gasteiger partial charge on any atom is -0.480 e. The number of benzene rings is 1.